The Balaban J connectivity index is 0.000000277. The van der Waals surface area contributed by atoms with Gasteiger partial charge < -0.3 is 19.8 Å². The number of likely N-dealkylation sites (N-methyl/N-ethyl adjacent to an activating group) is 1. The highest BCUT2D eigenvalue weighted by Crippen LogP contribution is 2.28. The quantitative estimate of drug-likeness (QED) is 0.692. The van der Waals surface area contributed by atoms with E-state index in [4.69, 9.17) is 24.5 Å². The number of nitrogens with zero attached hydrogens (tertiary/aromatic N) is 2. The third kappa shape index (κ3) is 3.73. The van der Waals surface area contributed by atoms with Gasteiger partial charge in [0.15, 0.2) is 0 Å². The minimum atomic E-state index is -1.82. The third-order valence-corrected chi connectivity index (χ3v) is 3.18. The molecule has 0 saturated carbocycles. The Morgan fingerprint density at radius 3 is 2.57 bits per heavy atom. The van der Waals surface area contributed by atoms with Crippen LogP contribution in [0.4, 0.5) is 0 Å². The summed E-state index contributed by atoms with van der Waals surface area (Å²) in [6, 6.07) is 5.65. The molecular weight excluding hydrogens is 304 g/mol. The maximum atomic E-state index is 12.1. The van der Waals surface area contributed by atoms with Gasteiger partial charge in [0.25, 0.3) is 5.91 Å². The van der Waals surface area contributed by atoms with Crippen LogP contribution in [-0.2, 0) is 9.59 Å². The van der Waals surface area contributed by atoms with Gasteiger partial charge in [0, 0.05) is 24.8 Å². The van der Waals surface area contributed by atoms with Crippen LogP contribution >= 0.6 is 0 Å². The Morgan fingerprint density at radius 1 is 1.22 bits per heavy atom. The number of carbonyl (C=O) groups is 3. The SMILES string of the molecule is CN1CCOc2cc3cnccc3cc2C1=O.O=C(O)C(=O)O. The molecule has 0 radical (unpaired) electrons. The van der Waals surface area contributed by atoms with E-state index >= 15 is 0 Å². The smallest absolute Gasteiger partial charge is 0.414 e. The van der Waals surface area contributed by atoms with Crippen molar-refractivity contribution in [2.24, 2.45) is 0 Å². The van der Waals surface area contributed by atoms with Gasteiger partial charge in [-0.2, -0.15) is 0 Å². The minimum Gasteiger partial charge on any atom is -0.491 e. The first kappa shape index (κ1) is 16.2. The number of carboxylic acids is 2. The lowest BCUT2D eigenvalue weighted by Crippen LogP contribution is -2.27. The van der Waals surface area contributed by atoms with Gasteiger partial charge in [0.2, 0.25) is 0 Å². The Kier molecular flexibility index (Phi) is 4.75. The van der Waals surface area contributed by atoms with E-state index in [1.54, 1.807) is 24.3 Å². The zero-order valence-electron chi connectivity index (χ0n) is 12.2. The maximum Gasteiger partial charge on any atom is 0.414 e. The summed E-state index contributed by atoms with van der Waals surface area (Å²) in [7, 11) is 1.79. The molecule has 23 heavy (non-hydrogen) atoms. The summed E-state index contributed by atoms with van der Waals surface area (Å²) in [5, 5.41) is 16.8. The van der Waals surface area contributed by atoms with Gasteiger partial charge in [-0.05, 0) is 23.6 Å². The maximum absolute atomic E-state index is 12.1. The van der Waals surface area contributed by atoms with Crippen LogP contribution in [0.2, 0.25) is 0 Å². The van der Waals surface area contributed by atoms with E-state index in [9.17, 15) is 4.79 Å². The van der Waals surface area contributed by atoms with E-state index in [0.717, 1.165) is 10.8 Å². The zero-order chi connectivity index (χ0) is 17.0. The van der Waals surface area contributed by atoms with Crippen LogP contribution in [0.15, 0.2) is 30.6 Å². The number of ether oxygens (including phenoxy) is 1. The number of rotatable bonds is 0. The van der Waals surface area contributed by atoms with Crippen molar-refractivity contribution in [3.05, 3.63) is 36.2 Å². The summed E-state index contributed by atoms with van der Waals surface area (Å²) >= 11 is 0. The Morgan fingerprint density at radius 2 is 1.91 bits per heavy atom. The molecule has 1 aliphatic rings. The molecule has 1 amide bonds. The van der Waals surface area contributed by atoms with E-state index < -0.39 is 11.9 Å². The molecule has 0 unspecified atom stereocenters. The number of benzene rings is 1. The van der Waals surface area contributed by atoms with Crippen LogP contribution in [0.5, 0.6) is 5.75 Å². The van der Waals surface area contributed by atoms with Gasteiger partial charge in [0.05, 0.1) is 12.1 Å². The average molecular weight is 318 g/mol. The molecule has 2 aromatic rings. The second kappa shape index (κ2) is 6.73. The number of carboxylic acid groups (broad SMARTS) is 2. The lowest BCUT2D eigenvalue weighted by molar-refractivity contribution is -0.159. The normalized spacial score (nSPS) is 13.3. The van der Waals surface area contributed by atoms with Crippen molar-refractivity contribution >= 4 is 28.6 Å². The van der Waals surface area contributed by atoms with Crippen molar-refractivity contribution in [3.8, 4) is 5.75 Å². The van der Waals surface area contributed by atoms with Crippen LogP contribution in [0, 0.1) is 0 Å². The lowest BCUT2D eigenvalue weighted by atomic mass is 10.1. The summed E-state index contributed by atoms with van der Waals surface area (Å²) in [6.07, 6.45) is 3.50. The van der Waals surface area contributed by atoms with E-state index in [2.05, 4.69) is 4.98 Å². The highest BCUT2D eigenvalue weighted by atomic mass is 16.5. The number of aliphatic carboxylic acids is 2. The standard InChI is InChI=1S/C13H12N2O2.C2H2O4/c1-15-4-5-17-12-7-10-8-14-3-2-9(10)6-11(12)13(15)16;3-1(4)2(5)6/h2-3,6-8H,4-5H2,1H3;(H,3,4)(H,5,6). The molecule has 8 heteroatoms. The van der Waals surface area contributed by atoms with Crippen molar-refractivity contribution < 1.29 is 29.3 Å². The van der Waals surface area contributed by atoms with Crippen LogP contribution in [-0.4, -0.2) is 58.1 Å². The molecule has 3 rings (SSSR count). The largest absolute Gasteiger partial charge is 0.491 e. The van der Waals surface area contributed by atoms with Crippen molar-refractivity contribution in [1.29, 1.82) is 0 Å². The Hall–Kier alpha value is -3.16. The van der Waals surface area contributed by atoms with Gasteiger partial charge >= 0.3 is 11.9 Å². The third-order valence-electron chi connectivity index (χ3n) is 3.18. The molecule has 0 atom stereocenters. The fourth-order valence-corrected chi connectivity index (χ4v) is 2.00. The van der Waals surface area contributed by atoms with Crippen LogP contribution in [0.3, 0.4) is 0 Å². The van der Waals surface area contributed by atoms with Crippen molar-refractivity contribution in [2.45, 2.75) is 0 Å². The van der Waals surface area contributed by atoms with Crippen LogP contribution < -0.4 is 4.74 Å². The molecule has 8 nitrogen and oxygen atoms in total. The predicted molar refractivity (Wildman–Crippen MR) is 79.5 cm³/mol. The van der Waals surface area contributed by atoms with Crippen molar-refractivity contribution in [1.82, 2.24) is 9.88 Å². The molecule has 0 saturated heterocycles. The highest BCUT2D eigenvalue weighted by molar-refractivity contribution is 6.27. The van der Waals surface area contributed by atoms with Gasteiger partial charge in [-0.25, -0.2) is 9.59 Å². The molecule has 0 spiro atoms. The first-order valence-corrected chi connectivity index (χ1v) is 6.62. The number of fused-ring (bicyclic) bond motifs is 2. The van der Waals surface area contributed by atoms with Crippen molar-refractivity contribution in [3.63, 3.8) is 0 Å². The zero-order valence-corrected chi connectivity index (χ0v) is 12.2. The first-order valence-electron chi connectivity index (χ1n) is 6.62. The molecule has 0 bridgehead atoms. The fraction of sp³-hybridized carbons (Fsp3) is 0.200. The summed E-state index contributed by atoms with van der Waals surface area (Å²) in [5.74, 6) is -2.99. The number of carbonyl (C=O) groups excluding carboxylic acids is 1. The fourth-order valence-electron chi connectivity index (χ4n) is 2.00. The predicted octanol–water partition coefficient (Wildman–Crippen LogP) is 0.855. The number of hydrogen-bond acceptors (Lipinski definition) is 5. The monoisotopic (exact) mass is 318 g/mol. The molecule has 1 aliphatic heterocycles. The molecule has 1 aromatic heterocycles. The number of amides is 1. The van der Waals surface area contributed by atoms with Crippen molar-refractivity contribution in [2.75, 3.05) is 20.2 Å². The number of pyridine rings is 1. The highest BCUT2D eigenvalue weighted by Gasteiger charge is 2.21. The van der Waals surface area contributed by atoms with E-state index in [-0.39, 0.29) is 5.91 Å². The molecule has 0 fully saturated rings. The van der Waals surface area contributed by atoms with Gasteiger partial charge in [0.1, 0.15) is 12.4 Å². The molecule has 2 heterocycles. The van der Waals surface area contributed by atoms with E-state index in [1.165, 1.54) is 0 Å². The second-order valence-corrected chi connectivity index (χ2v) is 4.76. The van der Waals surface area contributed by atoms with Crippen LogP contribution in [0.25, 0.3) is 10.8 Å². The Labute approximate surface area is 130 Å². The molecule has 2 N–H and O–H groups in total. The topological polar surface area (TPSA) is 117 Å². The average Bonchev–Trinajstić information content (AvgIpc) is 2.66. The van der Waals surface area contributed by atoms with E-state index in [0.29, 0.717) is 24.5 Å². The lowest BCUT2D eigenvalue weighted by Gasteiger charge is -2.12. The molecule has 1 aromatic carbocycles. The molecule has 120 valence electrons. The first-order chi connectivity index (χ1) is 10.9. The second-order valence-electron chi connectivity index (χ2n) is 4.76. The summed E-state index contributed by atoms with van der Waals surface area (Å²) in [6.45, 7) is 1.14. The minimum absolute atomic E-state index is 0.0104. The van der Waals surface area contributed by atoms with Gasteiger partial charge in [-0.3, -0.25) is 9.78 Å². The van der Waals surface area contributed by atoms with Crippen LogP contribution in [0.1, 0.15) is 10.4 Å². The number of aromatic nitrogens is 1. The van der Waals surface area contributed by atoms with Gasteiger partial charge in [-0.1, -0.05) is 0 Å². The van der Waals surface area contributed by atoms with Gasteiger partial charge in [-0.15, -0.1) is 0 Å². The summed E-state index contributed by atoms with van der Waals surface area (Å²) in [5.41, 5.74) is 0.628. The number of hydrogen-bond donors (Lipinski definition) is 2. The van der Waals surface area contributed by atoms with E-state index in [1.807, 2.05) is 18.2 Å². The molecular formula is C15H14N2O6. The summed E-state index contributed by atoms with van der Waals surface area (Å²) < 4.78 is 5.61. The summed E-state index contributed by atoms with van der Waals surface area (Å²) in [4.78, 5) is 36.1. The Bertz CT molecular complexity index is 762. The molecule has 0 aliphatic carbocycles.